The van der Waals surface area contributed by atoms with Crippen LogP contribution in [0.3, 0.4) is 0 Å². The molecule has 2 aromatic rings. The molecule has 0 unspecified atom stereocenters. The lowest BCUT2D eigenvalue weighted by Gasteiger charge is -2.20. The highest BCUT2D eigenvalue weighted by atomic mass is 16.6. The van der Waals surface area contributed by atoms with Gasteiger partial charge in [0.2, 0.25) is 5.91 Å². The molecule has 2 heterocycles. The van der Waals surface area contributed by atoms with Crippen molar-refractivity contribution < 1.29 is 9.72 Å². The molecule has 2 atom stereocenters. The van der Waals surface area contributed by atoms with Crippen molar-refractivity contribution in [3.05, 3.63) is 64.5 Å². The number of benzene rings is 1. The van der Waals surface area contributed by atoms with Crippen molar-refractivity contribution in [1.82, 2.24) is 10.3 Å². The van der Waals surface area contributed by atoms with Gasteiger partial charge in [0.05, 0.1) is 16.7 Å². The van der Waals surface area contributed by atoms with Crippen molar-refractivity contribution in [2.45, 2.75) is 25.4 Å². The Kier molecular flexibility index (Phi) is 4.52. The van der Waals surface area contributed by atoms with Gasteiger partial charge in [0.15, 0.2) is 0 Å². The van der Waals surface area contributed by atoms with E-state index in [1.54, 1.807) is 29.4 Å². The fourth-order valence-electron chi connectivity index (χ4n) is 2.92. The quantitative estimate of drug-likeness (QED) is 0.673. The minimum absolute atomic E-state index is 0.0122. The Balaban J connectivity index is 1.71. The van der Waals surface area contributed by atoms with Gasteiger partial charge < -0.3 is 4.90 Å². The van der Waals surface area contributed by atoms with E-state index >= 15 is 0 Å². The van der Waals surface area contributed by atoms with Crippen LogP contribution in [0.15, 0.2) is 48.8 Å². The zero-order chi connectivity index (χ0) is 17.1. The van der Waals surface area contributed by atoms with Crippen LogP contribution in [0.25, 0.3) is 0 Å². The van der Waals surface area contributed by atoms with Crippen LogP contribution in [-0.4, -0.2) is 28.4 Å². The van der Waals surface area contributed by atoms with Crippen LogP contribution >= 0.6 is 0 Å². The van der Waals surface area contributed by atoms with E-state index in [-0.39, 0.29) is 23.7 Å². The second kappa shape index (κ2) is 6.76. The Morgan fingerprint density at radius 2 is 2.08 bits per heavy atom. The maximum atomic E-state index is 12.6. The summed E-state index contributed by atoms with van der Waals surface area (Å²) in [5.41, 5.74) is 1.61. The number of amides is 1. The van der Waals surface area contributed by atoms with E-state index in [1.807, 2.05) is 19.1 Å². The molecule has 1 fully saturated rings. The standard InChI is InChI=1S/C17H18N4O3/c1-12(13-5-8-18-9-6-13)19-16-7-10-20(17(16)22)14-3-2-4-15(11-14)21(23)24/h2-6,8-9,11-12,16,19H,7,10H2,1H3/t12-,16+/m0/s1. The summed E-state index contributed by atoms with van der Waals surface area (Å²) in [7, 11) is 0. The number of anilines is 1. The number of nitrogens with zero attached hydrogens (tertiary/aromatic N) is 3. The molecular weight excluding hydrogens is 308 g/mol. The van der Waals surface area contributed by atoms with E-state index in [0.29, 0.717) is 18.7 Å². The second-order valence-corrected chi connectivity index (χ2v) is 5.78. The Morgan fingerprint density at radius 3 is 2.79 bits per heavy atom. The highest BCUT2D eigenvalue weighted by molar-refractivity contribution is 5.99. The van der Waals surface area contributed by atoms with Crippen molar-refractivity contribution in [2.75, 3.05) is 11.4 Å². The summed E-state index contributed by atoms with van der Waals surface area (Å²) in [5, 5.41) is 14.2. The summed E-state index contributed by atoms with van der Waals surface area (Å²) >= 11 is 0. The highest BCUT2D eigenvalue weighted by Crippen LogP contribution is 2.26. The van der Waals surface area contributed by atoms with Gasteiger partial charge in [-0.1, -0.05) is 6.07 Å². The molecule has 1 aromatic carbocycles. The summed E-state index contributed by atoms with van der Waals surface area (Å²) in [4.78, 5) is 28.7. The van der Waals surface area contributed by atoms with E-state index in [4.69, 9.17) is 0 Å². The predicted molar refractivity (Wildman–Crippen MR) is 89.6 cm³/mol. The lowest BCUT2D eigenvalue weighted by Crippen LogP contribution is -2.39. The molecular formula is C17H18N4O3. The second-order valence-electron chi connectivity index (χ2n) is 5.78. The number of carbonyl (C=O) groups is 1. The van der Waals surface area contributed by atoms with E-state index in [1.165, 1.54) is 12.1 Å². The molecule has 0 bridgehead atoms. The van der Waals surface area contributed by atoms with Crippen molar-refractivity contribution in [3.63, 3.8) is 0 Å². The lowest BCUT2D eigenvalue weighted by atomic mass is 10.1. The molecule has 1 saturated heterocycles. The summed E-state index contributed by atoms with van der Waals surface area (Å²) in [6.45, 7) is 2.54. The first-order valence-electron chi connectivity index (χ1n) is 7.78. The van der Waals surface area contributed by atoms with Crippen LogP contribution in [-0.2, 0) is 4.79 Å². The van der Waals surface area contributed by atoms with Crippen LogP contribution in [0, 0.1) is 10.1 Å². The van der Waals surface area contributed by atoms with Crippen LogP contribution in [0.1, 0.15) is 24.9 Å². The number of non-ortho nitro benzene ring substituents is 1. The molecule has 0 radical (unpaired) electrons. The number of nitrogens with one attached hydrogen (secondary N) is 1. The number of aromatic nitrogens is 1. The largest absolute Gasteiger partial charge is 0.311 e. The molecule has 24 heavy (non-hydrogen) atoms. The van der Waals surface area contributed by atoms with Crippen LogP contribution in [0.2, 0.25) is 0 Å². The summed E-state index contributed by atoms with van der Waals surface area (Å²) < 4.78 is 0. The number of rotatable bonds is 5. The molecule has 3 rings (SSSR count). The van der Waals surface area contributed by atoms with E-state index < -0.39 is 4.92 Å². The SMILES string of the molecule is C[C@H](N[C@@H]1CCN(c2cccc([N+](=O)[O-])c2)C1=O)c1ccncc1. The molecule has 1 aromatic heterocycles. The molecule has 0 aliphatic carbocycles. The van der Waals surface area contributed by atoms with Gasteiger partial charge in [-0.2, -0.15) is 0 Å². The smallest absolute Gasteiger partial charge is 0.271 e. The van der Waals surface area contributed by atoms with Gasteiger partial charge in [-0.3, -0.25) is 25.2 Å². The van der Waals surface area contributed by atoms with Crippen molar-refractivity contribution in [3.8, 4) is 0 Å². The molecule has 0 spiro atoms. The first kappa shape index (κ1) is 16.1. The minimum atomic E-state index is -0.453. The third-order valence-electron chi connectivity index (χ3n) is 4.22. The molecule has 1 aliphatic rings. The lowest BCUT2D eigenvalue weighted by molar-refractivity contribution is -0.384. The Morgan fingerprint density at radius 1 is 1.33 bits per heavy atom. The van der Waals surface area contributed by atoms with E-state index in [0.717, 1.165) is 5.56 Å². The Labute approximate surface area is 139 Å². The van der Waals surface area contributed by atoms with E-state index in [9.17, 15) is 14.9 Å². The average Bonchev–Trinajstić information content (AvgIpc) is 2.96. The van der Waals surface area contributed by atoms with Crippen LogP contribution < -0.4 is 10.2 Å². The number of nitro groups is 1. The van der Waals surface area contributed by atoms with Gasteiger partial charge in [0.25, 0.3) is 5.69 Å². The van der Waals surface area contributed by atoms with Crippen LogP contribution in [0.5, 0.6) is 0 Å². The predicted octanol–water partition coefficient (Wildman–Crippen LogP) is 2.45. The van der Waals surface area contributed by atoms with Crippen molar-refractivity contribution in [1.29, 1.82) is 0 Å². The van der Waals surface area contributed by atoms with Gasteiger partial charge >= 0.3 is 0 Å². The molecule has 124 valence electrons. The molecule has 7 heteroatoms. The molecule has 1 amide bonds. The molecule has 0 saturated carbocycles. The molecule has 1 N–H and O–H groups in total. The molecule has 1 aliphatic heterocycles. The van der Waals surface area contributed by atoms with Crippen molar-refractivity contribution in [2.24, 2.45) is 0 Å². The third-order valence-corrected chi connectivity index (χ3v) is 4.22. The minimum Gasteiger partial charge on any atom is -0.311 e. The summed E-state index contributed by atoms with van der Waals surface area (Å²) in [5.74, 6) is -0.0589. The maximum Gasteiger partial charge on any atom is 0.271 e. The van der Waals surface area contributed by atoms with Gasteiger partial charge in [-0.15, -0.1) is 0 Å². The molecule has 7 nitrogen and oxygen atoms in total. The van der Waals surface area contributed by atoms with Crippen LogP contribution in [0.4, 0.5) is 11.4 Å². The normalized spacial score (nSPS) is 18.6. The first-order valence-corrected chi connectivity index (χ1v) is 7.78. The zero-order valence-electron chi connectivity index (χ0n) is 13.3. The fourth-order valence-corrected chi connectivity index (χ4v) is 2.92. The van der Waals surface area contributed by atoms with Crippen molar-refractivity contribution >= 4 is 17.3 Å². The number of carbonyl (C=O) groups excluding carboxylic acids is 1. The fraction of sp³-hybridized carbons (Fsp3) is 0.294. The Bertz CT molecular complexity index is 751. The summed E-state index contributed by atoms with van der Waals surface area (Å²) in [6.07, 6.45) is 4.11. The van der Waals surface area contributed by atoms with E-state index in [2.05, 4.69) is 10.3 Å². The third kappa shape index (κ3) is 3.26. The van der Waals surface area contributed by atoms with Gasteiger partial charge in [0.1, 0.15) is 0 Å². The number of hydrogen-bond acceptors (Lipinski definition) is 5. The number of nitro benzene ring substituents is 1. The first-order chi connectivity index (χ1) is 11.6. The highest BCUT2D eigenvalue weighted by Gasteiger charge is 2.33. The topological polar surface area (TPSA) is 88.4 Å². The number of hydrogen-bond donors (Lipinski definition) is 1. The maximum absolute atomic E-state index is 12.6. The monoisotopic (exact) mass is 326 g/mol. The van der Waals surface area contributed by atoms with Gasteiger partial charge in [-0.05, 0) is 37.1 Å². The number of pyridine rings is 1. The summed E-state index contributed by atoms with van der Waals surface area (Å²) in [6, 6.07) is 9.73. The van der Waals surface area contributed by atoms with Gasteiger partial charge in [-0.25, -0.2) is 0 Å². The zero-order valence-corrected chi connectivity index (χ0v) is 13.3. The Hall–Kier alpha value is -2.80. The average molecular weight is 326 g/mol. The van der Waals surface area contributed by atoms with Gasteiger partial charge in [0, 0.05) is 37.1 Å².